The van der Waals surface area contributed by atoms with Crippen LogP contribution < -0.4 is 10.3 Å². The number of amides is 1. The fourth-order valence-electron chi connectivity index (χ4n) is 3.86. The maximum Gasteiger partial charge on any atom is 0.274 e. The lowest BCUT2D eigenvalue weighted by Gasteiger charge is -2.41. The quantitative estimate of drug-likeness (QED) is 0.827. The molecule has 7 heteroatoms. The second-order valence-electron chi connectivity index (χ2n) is 7.67. The average Bonchev–Trinajstić information content (AvgIpc) is 2.81. The first kappa shape index (κ1) is 17.7. The Morgan fingerprint density at radius 3 is 2.70 bits per heavy atom. The number of carbonyl (C=O) groups is 1. The van der Waals surface area contributed by atoms with Gasteiger partial charge in [-0.15, -0.1) is 0 Å². The van der Waals surface area contributed by atoms with E-state index in [0.717, 1.165) is 42.8 Å². The van der Waals surface area contributed by atoms with E-state index in [1.54, 1.807) is 4.90 Å². The van der Waals surface area contributed by atoms with Crippen LogP contribution in [0.25, 0.3) is 0 Å². The second-order valence-corrected chi connectivity index (χ2v) is 7.67. The van der Waals surface area contributed by atoms with Gasteiger partial charge in [0.2, 0.25) is 0 Å². The lowest BCUT2D eigenvalue weighted by Crippen LogP contribution is -2.53. The van der Waals surface area contributed by atoms with Gasteiger partial charge in [0.25, 0.3) is 11.5 Å². The first-order valence-corrected chi connectivity index (χ1v) is 9.26. The molecule has 1 saturated heterocycles. The molecule has 0 saturated carbocycles. The highest BCUT2D eigenvalue weighted by molar-refractivity contribution is 5.92. The van der Waals surface area contributed by atoms with E-state index in [4.69, 9.17) is 4.74 Å². The number of carbonyl (C=O) groups excluding carboxylic acids is 1. The maximum absolute atomic E-state index is 13.1. The zero-order valence-electron chi connectivity index (χ0n) is 15.7. The molecule has 1 amide bonds. The lowest BCUT2D eigenvalue weighted by atomic mass is 9.90. The van der Waals surface area contributed by atoms with Crippen molar-refractivity contribution >= 4 is 5.91 Å². The van der Waals surface area contributed by atoms with Crippen molar-refractivity contribution in [3.8, 4) is 5.75 Å². The summed E-state index contributed by atoms with van der Waals surface area (Å²) >= 11 is 0. The molecule has 0 unspecified atom stereocenters. The van der Waals surface area contributed by atoms with Gasteiger partial charge in [-0.1, -0.05) is 17.7 Å². The molecule has 2 aliphatic heterocycles. The molecule has 1 spiro atoms. The van der Waals surface area contributed by atoms with Crippen molar-refractivity contribution in [2.75, 3.05) is 26.7 Å². The molecule has 0 atom stereocenters. The number of H-pyrrole nitrogens is 1. The molecule has 1 aromatic carbocycles. The number of piperidine rings is 1. The highest BCUT2D eigenvalue weighted by Gasteiger charge is 2.41. The van der Waals surface area contributed by atoms with E-state index in [2.05, 4.69) is 28.2 Å². The summed E-state index contributed by atoms with van der Waals surface area (Å²) in [5.74, 6) is 0.664. The van der Waals surface area contributed by atoms with Gasteiger partial charge in [-0.25, -0.2) is 5.10 Å². The number of benzene rings is 1. The zero-order chi connectivity index (χ0) is 19.0. The first-order valence-electron chi connectivity index (χ1n) is 9.26. The van der Waals surface area contributed by atoms with E-state index in [1.165, 1.54) is 12.1 Å². The highest BCUT2D eigenvalue weighted by Crippen LogP contribution is 2.36. The van der Waals surface area contributed by atoms with Crippen LogP contribution in [0, 0.1) is 6.92 Å². The smallest absolute Gasteiger partial charge is 0.274 e. The van der Waals surface area contributed by atoms with Gasteiger partial charge in [0.05, 0.1) is 6.54 Å². The highest BCUT2D eigenvalue weighted by atomic mass is 16.5. The predicted molar refractivity (Wildman–Crippen MR) is 101 cm³/mol. The Balaban J connectivity index is 1.71. The minimum absolute atomic E-state index is 0.192. The number of hydrogen-bond donors (Lipinski definition) is 1. The molecular formula is C20H24N4O3. The van der Waals surface area contributed by atoms with Crippen molar-refractivity contribution in [1.82, 2.24) is 20.0 Å². The Bertz CT molecular complexity index is 895. The minimum atomic E-state index is -0.398. The molecule has 7 nitrogen and oxygen atoms in total. The molecule has 1 aromatic heterocycles. The third-order valence-electron chi connectivity index (χ3n) is 5.47. The van der Waals surface area contributed by atoms with Crippen LogP contribution in [0.15, 0.2) is 35.1 Å². The first-order chi connectivity index (χ1) is 12.9. The summed E-state index contributed by atoms with van der Waals surface area (Å²) < 4.78 is 6.53. The third kappa shape index (κ3) is 3.60. The number of aromatic amines is 1. The molecule has 0 bridgehead atoms. The number of likely N-dealkylation sites (tertiary alicyclic amines) is 1. The number of nitrogens with one attached hydrogen (secondary N) is 1. The predicted octanol–water partition coefficient (Wildman–Crippen LogP) is 1.58. The van der Waals surface area contributed by atoms with E-state index < -0.39 is 5.60 Å². The van der Waals surface area contributed by atoms with Gasteiger partial charge in [-0.05, 0) is 26.1 Å². The summed E-state index contributed by atoms with van der Waals surface area (Å²) in [5, 5.41) is 6.28. The second kappa shape index (κ2) is 6.81. The van der Waals surface area contributed by atoms with Crippen molar-refractivity contribution in [2.45, 2.75) is 31.9 Å². The van der Waals surface area contributed by atoms with E-state index in [0.29, 0.717) is 13.1 Å². The molecule has 1 N–H and O–H groups in total. The number of rotatable bonds is 1. The maximum atomic E-state index is 13.1. The van der Waals surface area contributed by atoms with Crippen molar-refractivity contribution in [2.24, 2.45) is 0 Å². The molecule has 0 radical (unpaired) electrons. The normalized spacial score (nSPS) is 19.3. The summed E-state index contributed by atoms with van der Waals surface area (Å²) in [4.78, 5) is 28.5. The molecule has 142 valence electrons. The Morgan fingerprint density at radius 2 is 2.00 bits per heavy atom. The van der Waals surface area contributed by atoms with E-state index in [9.17, 15) is 9.59 Å². The Hall–Kier alpha value is -2.67. The average molecular weight is 368 g/mol. The third-order valence-corrected chi connectivity index (χ3v) is 5.47. The summed E-state index contributed by atoms with van der Waals surface area (Å²) in [6.45, 7) is 4.87. The molecule has 0 aliphatic carbocycles. The summed E-state index contributed by atoms with van der Waals surface area (Å²) in [6.07, 6.45) is 1.72. The van der Waals surface area contributed by atoms with Gasteiger partial charge in [0, 0.05) is 44.1 Å². The molecule has 2 aliphatic rings. The van der Waals surface area contributed by atoms with Crippen LogP contribution in [0.2, 0.25) is 0 Å². The summed E-state index contributed by atoms with van der Waals surface area (Å²) in [5.41, 5.74) is 1.66. The fourth-order valence-corrected chi connectivity index (χ4v) is 3.86. The number of ether oxygens (including phenoxy) is 1. The van der Waals surface area contributed by atoms with E-state index in [1.807, 2.05) is 19.1 Å². The van der Waals surface area contributed by atoms with Gasteiger partial charge in [-0.3, -0.25) is 9.59 Å². The zero-order valence-corrected chi connectivity index (χ0v) is 15.7. The number of fused-ring (bicyclic) bond motifs is 1. The van der Waals surface area contributed by atoms with Gasteiger partial charge >= 0.3 is 0 Å². The summed E-state index contributed by atoms with van der Waals surface area (Å²) in [7, 11) is 2.11. The Kier molecular flexibility index (Phi) is 4.47. The molecule has 27 heavy (non-hydrogen) atoms. The van der Waals surface area contributed by atoms with Gasteiger partial charge in [-0.2, -0.15) is 5.10 Å². The molecule has 1 fully saturated rings. The van der Waals surface area contributed by atoms with E-state index >= 15 is 0 Å². The van der Waals surface area contributed by atoms with Crippen molar-refractivity contribution < 1.29 is 9.53 Å². The van der Waals surface area contributed by atoms with Crippen molar-refractivity contribution in [3.63, 3.8) is 0 Å². The fraction of sp³-hybridized carbons (Fsp3) is 0.450. The van der Waals surface area contributed by atoms with E-state index in [-0.39, 0.29) is 17.2 Å². The summed E-state index contributed by atoms with van der Waals surface area (Å²) in [6, 6.07) is 8.94. The SMILES string of the molecule is Cc1ccc2c(c1)CN(C(=O)c1ccc(=O)[nH]n1)CC1(CCN(C)CC1)O2. The van der Waals surface area contributed by atoms with Crippen LogP contribution in [-0.4, -0.2) is 58.2 Å². The van der Waals surface area contributed by atoms with Crippen LogP contribution in [-0.2, 0) is 6.54 Å². The van der Waals surface area contributed by atoms with Gasteiger partial charge in [0.15, 0.2) is 0 Å². The molecule has 3 heterocycles. The standard InChI is InChI=1S/C20H24N4O3/c1-14-3-5-17-15(11-14)12-24(19(26)16-4-6-18(25)22-21-16)13-20(27-17)7-9-23(2)10-8-20/h3-6,11H,7-10,12-13H2,1-2H3,(H,22,25). The number of nitrogens with zero attached hydrogens (tertiary/aromatic N) is 3. The largest absolute Gasteiger partial charge is 0.485 e. The topological polar surface area (TPSA) is 78.5 Å². The Labute approximate surface area is 157 Å². The monoisotopic (exact) mass is 368 g/mol. The molecular weight excluding hydrogens is 344 g/mol. The van der Waals surface area contributed by atoms with Crippen LogP contribution >= 0.6 is 0 Å². The Morgan fingerprint density at radius 1 is 1.22 bits per heavy atom. The number of hydrogen-bond acceptors (Lipinski definition) is 5. The van der Waals surface area contributed by atoms with Crippen LogP contribution in [0.3, 0.4) is 0 Å². The number of aryl methyl sites for hydroxylation is 1. The van der Waals surface area contributed by atoms with Crippen LogP contribution in [0.4, 0.5) is 0 Å². The lowest BCUT2D eigenvalue weighted by molar-refractivity contribution is -0.0104. The van der Waals surface area contributed by atoms with Gasteiger partial charge in [0.1, 0.15) is 17.0 Å². The van der Waals surface area contributed by atoms with Crippen molar-refractivity contribution in [1.29, 1.82) is 0 Å². The molecule has 2 aromatic rings. The van der Waals surface area contributed by atoms with Crippen molar-refractivity contribution in [3.05, 3.63) is 57.5 Å². The minimum Gasteiger partial charge on any atom is -0.485 e. The molecule has 4 rings (SSSR count). The van der Waals surface area contributed by atoms with Crippen LogP contribution in [0.1, 0.15) is 34.5 Å². The number of aromatic nitrogens is 2. The van der Waals surface area contributed by atoms with Crippen LogP contribution in [0.5, 0.6) is 5.75 Å². The van der Waals surface area contributed by atoms with Gasteiger partial charge < -0.3 is 14.5 Å².